The monoisotopic (exact) mass is 501 g/mol. The number of piperidine rings is 1. The Hall–Kier alpha value is -3.38. The van der Waals surface area contributed by atoms with Crippen LogP contribution in [0.5, 0.6) is 5.75 Å². The Bertz CT molecular complexity index is 1220. The van der Waals surface area contributed by atoms with Crippen LogP contribution >= 0.6 is 0 Å². The number of benzene rings is 1. The molecule has 1 fully saturated rings. The van der Waals surface area contributed by atoms with Gasteiger partial charge in [0.15, 0.2) is 5.84 Å². The van der Waals surface area contributed by atoms with Crippen molar-refractivity contribution in [1.82, 2.24) is 15.2 Å². The fourth-order valence-corrected chi connectivity index (χ4v) is 5.01. The Morgan fingerprint density at radius 1 is 1.29 bits per heavy atom. The lowest BCUT2D eigenvalue weighted by Gasteiger charge is -2.33. The van der Waals surface area contributed by atoms with Crippen molar-refractivity contribution in [1.29, 1.82) is 0 Å². The third-order valence-corrected chi connectivity index (χ3v) is 6.78. The fraction of sp³-hybridized carbons (Fsp3) is 0.435. The molecule has 0 aliphatic carbocycles. The molecule has 35 heavy (non-hydrogen) atoms. The molecule has 4 N–H and O–H groups in total. The molecule has 1 aromatic carbocycles. The van der Waals surface area contributed by atoms with Crippen molar-refractivity contribution in [2.75, 3.05) is 56.5 Å². The second-order valence-corrected chi connectivity index (χ2v) is 10.3. The Labute approximate surface area is 205 Å². The number of carbonyl (C=O) groups is 1. The van der Waals surface area contributed by atoms with E-state index in [4.69, 9.17) is 10.5 Å². The van der Waals surface area contributed by atoms with Crippen LogP contribution in [0.2, 0.25) is 0 Å². The third kappa shape index (κ3) is 6.20. The van der Waals surface area contributed by atoms with E-state index in [1.165, 1.54) is 0 Å². The minimum absolute atomic E-state index is 0.0931. The molecule has 0 saturated carbocycles. The zero-order valence-corrected chi connectivity index (χ0v) is 20.7. The molecule has 2 aliphatic heterocycles. The average molecular weight is 502 g/mol. The highest BCUT2D eigenvalue weighted by molar-refractivity contribution is 7.91. The summed E-state index contributed by atoms with van der Waals surface area (Å²) in [7, 11) is 0.0712. The number of nitrogens with one attached hydrogen (secondary N) is 2. The predicted octanol–water partition coefficient (Wildman–Crippen LogP) is 1.04. The summed E-state index contributed by atoms with van der Waals surface area (Å²) >= 11 is 0. The summed E-state index contributed by atoms with van der Waals surface area (Å²) in [4.78, 5) is 21.2. The normalized spacial score (nSPS) is 18.9. The Balaban J connectivity index is 1.39. The molecule has 0 radical (unpaired) electrons. The van der Waals surface area contributed by atoms with Gasteiger partial charge in [-0.2, -0.15) is 8.42 Å². The largest absolute Gasteiger partial charge is 0.492 e. The number of anilines is 2. The number of carbonyl (C=O) groups excluding carboxylic acids is 1. The minimum Gasteiger partial charge on any atom is -0.492 e. The topological polar surface area (TPSA) is 142 Å². The van der Waals surface area contributed by atoms with E-state index in [0.29, 0.717) is 35.8 Å². The first kappa shape index (κ1) is 24.7. The first-order chi connectivity index (χ1) is 16.7. The molecule has 12 heteroatoms. The maximum atomic E-state index is 12.5. The number of nitrogens with two attached hydrogens (primary N) is 1. The van der Waals surface area contributed by atoms with Gasteiger partial charge in [-0.05, 0) is 51.2 Å². The van der Waals surface area contributed by atoms with Crippen LogP contribution in [0.25, 0.3) is 0 Å². The average Bonchev–Trinajstić information content (AvgIpc) is 2.81. The maximum absolute atomic E-state index is 12.5. The van der Waals surface area contributed by atoms with E-state index in [9.17, 15) is 13.2 Å². The molecule has 1 aromatic heterocycles. The lowest BCUT2D eigenvalue weighted by atomic mass is 9.99. The molecule has 0 spiro atoms. The molecule has 3 heterocycles. The summed E-state index contributed by atoms with van der Waals surface area (Å²) in [5, 5.41) is 2.90. The van der Waals surface area contributed by atoms with Crippen molar-refractivity contribution in [2.45, 2.75) is 12.8 Å². The summed E-state index contributed by atoms with van der Waals surface area (Å²) in [6.07, 6.45) is 1.94. The van der Waals surface area contributed by atoms with Crippen molar-refractivity contribution >= 4 is 33.5 Å². The fourth-order valence-electron chi connectivity index (χ4n) is 4.16. The third-order valence-electron chi connectivity index (χ3n) is 5.87. The molecule has 11 nitrogen and oxygen atoms in total. The number of amidine groups is 1. The molecule has 1 amide bonds. The van der Waals surface area contributed by atoms with Gasteiger partial charge in [-0.3, -0.25) is 9.52 Å². The highest BCUT2D eigenvalue weighted by Gasteiger charge is 2.26. The van der Waals surface area contributed by atoms with E-state index in [-0.39, 0.29) is 17.7 Å². The number of amides is 1. The van der Waals surface area contributed by atoms with Gasteiger partial charge in [0.05, 0.1) is 17.9 Å². The number of hydrogen-bond donors (Lipinski definition) is 3. The second-order valence-electron chi connectivity index (χ2n) is 8.94. The number of pyridine rings is 1. The molecule has 1 saturated heterocycles. The van der Waals surface area contributed by atoms with Gasteiger partial charge in [0.2, 0.25) is 0 Å². The molecule has 2 aromatic rings. The van der Waals surface area contributed by atoms with Crippen LogP contribution in [0.15, 0.2) is 40.8 Å². The molecule has 0 unspecified atom stereocenters. The van der Waals surface area contributed by atoms with Crippen molar-refractivity contribution in [3.8, 4) is 5.75 Å². The van der Waals surface area contributed by atoms with E-state index in [2.05, 4.69) is 24.3 Å². The van der Waals surface area contributed by atoms with E-state index in [1.807, 2.05) is 31.1 Å². The summed E-state index contributed by atoms with van der Waals surface area (Å²) < 4.78 is 35.6. The van der Waals surface area contributed by atoms with Crippen LogP contribution in [0.4, 0.5) is 11.5 Å². The van der Waals surface area contributed by atoms with Gasteiger partial charge in [0, 0.05) is 32.1 Å². The molecular formula is C23H31N7O4S. The van der Waals surface area contributed by atoms with Crippen LogP contribution < -0.4 is 25.4 Å². The number of aromatic nitrogens is 1. The van der Waals surface area contributed by atoms with E-state index < -0.39 is 10.2 Å². The Kier molecular flexibility index (Phi) is 7.41. The van der Waals surface area contributed by atoms with Crippen LogP contribution in [0.1, 0.15) is 28.9 Å². The maximum Gasteiger partial charge on any atom is 0.344 e. The summed E-state index contributed by atoms with van der Waals surface area (Å²) in [6, 6.07) is 10.6. The standard InChI is InChI=1S/C23H31N7O4S/c1-29(2)13-11-25-23(31)18-8-4-10-20(26-18)30-12-5-6-16(14-30)15-34-19-9-3-7-17-21(19)22(24)28-35(32,33)27-17/h3-4,7-10,16,27H,5-6,11-15H2,1-2H3,(H2,24,28)(H,25,31)/t16-/m0/s1. The summed E-state index contributed by atoms with van der Waals surface area (Å²) in [6.45, 7) is 3.31. The second kappa shape index (κ2) is 10.5. The number of ether oxygens (including phenoxy) is 1. The number of likely N-dealkylation sites (N-methyl/N-ethyl adjacent to an activating group) is 1. The van der Waals surface area contributed by atoms with Crippen LogP contribution in [-0.4, -0.2) is 76.9 Å². The molecule has 0 bridgehead atoms. The molecular weight excluding hydrogens is 470 g/mol. The minimum atomic E-state index is -3.84. The van der Waals surface area contributed by atoms with Gasteiger partial charge in [0.25, 0.3) is 5.91 Å². The molecule has 2 aliphatic rings. The summed E-state index contributed by atoms with van der Waals surface area (Å²) in [5.41, 5.74) is 7.11. The predicted molar refractivity (Wildman–Crippen MR) is 135 cm³/mol. The highest BCUT2D eigenvalue weighted by Crippen LogP contribution is 2.31. The van der Waals surface area contributed by atoms with Crippen LogP contribution in [-0.2, 0) is 10.2 Å². The van der Waals surface area contributed by atoms with Crippen molar-refractivity contribution in [3.05, 3.63) is 47.7 Å². The van der Waals surface area contributed by atoms with E-state index >= 15 is 0 Å². The van der Waals surface area contributed by atoms with Crippen molar-refractivity contribution < 1.29 is 17.9 Å². The van der Waals surface area contributed by atoms with Gasteiger partial charge in [-0.1, -0.05) is 12.1 Å². The van der Waals surface area contributed by atoms with Gasteiger partial charge in [-0.25, -0.2) is 4.98 Å². The van der Waals surface area contributed by atoms with Gasteiger partial charge < -0.3 is 25.6 Å². The number of fused-ring (bicyclic) bond motifs is 1. The molecule has 188 valence electrons. The van der Waals surface area contributed by atoms with Crippen LogP contribution in [0, 0.1) is 5.92 Å². The highest BCUT2D eigenvalue weighted by atomic mass is 32.2. The van der Waals surface area contributed by atoms with E-state index in [0.717, 1.165) is 38.3 Å². The van der Waals surface area contributed by atoms with Gasteiger partial charge in [0.1, 0.15) is 17.3 Å². The molecule has 4 rings (SSSR count). The zero-order chi connectivity index (χ0) is 25.0. The van der Waals surface area contributed by atoms with E-state index in [1.54, 1.807) is 24.3 Å². The number of rotatable bonds is 8. The number of hydrogen-bond acceptors (Lipinski definition) is 8. The zero-order valence-electron chi connectivity index (χ0n) is 19.9. The van der Waals surface area contributed by atoms with Crippen molar-refractivity contribution in [2.24, 2.45) is 16.0 Å². The quantitative estimate of drug-likeness (QED) is 0.487. The SMILES string of the molecule is CN(C)CCNC(=O)c1cccc(N2CCC[C@H](COc3cccc4c3C(N)=NS(=O)(=O)N4)C2)n1. The Morgan fingerprint density at radius 2 is 2.09 bits per heavy atom. The lowest BCUT2D eigenvalue weighted by Crippen LogP contribution is -2.39. The van der Waals surface area contributed by atoms with Crippen molar-refractivity contribution in [3.63, 3.8) is 0 Å². The summed E-state index contributed by atoms with van der Waals surface area (Å²) in [5.74, 6) is 1.19. The first-order valence-corrected chi connectivity index (χ1v) is 12.9. The lowest BCUT2D eigenvalue weighted by molar-refractivity contribution is 0.0946. The van der Waals surface area contributed by atoms with Crippen LogP contribution in [0.3, 0.4) is 0 Å². The Morgan fingerprint density at radius 3 is 2.89 bits per heavy atom. The van der Waals surface area contributed by atoms with Gasteiger partial charge >= 0.3 is 10.2 Å². The smallest absolute Gasteiger partial charge is 0.344 e. The van der Waals surface area contributed by atoms with Gasteiger partial charge in [-0.15, -0.1) is 4.40 Å². The first-order valence-electron chi connectivity index (χ1n) is 11.5. The molecule has 1 atom stereocenters. The number of nitrogens with zero attached hydrogens (tertiary/aromatic N) is 4.